The fourth-order valence-corrected chi connectivity index (χ4v) is 3.00. The lowest BCUT2D eigenvalue weighted by molar-refractivity contribution is 0.102. The van der Waals surface area contributed by atoms with E-state index in [1.54, 1.807) is 0 Å². The van der Waals surface area contributed by atoms with Gasteiger partial charge < -0.3 is 5.32 Å². The minimum atomic E-state index is -4.84. The van der Waals surface area contributed by atoms with Crippen molar-refractivity contribution in [2.75, 3.05) is 5.32 Å². The van der Waals surface area contributed by atoms with Crippen LogP contribution >= 0.6 is 22.9 Å². The van der Waals surface area contributed by atoms with Gasteiger partial charge in [-0.2, -0.15) is 8.78 Å². The number of sulfone groups is 1. The van der Waals surface area contributed by atoms with E-state index in [1.165, 1.54) is 18.2 Å². The highest BCUT2D eigenvalue weighted by Gasteiger charge is 2.29. The van der Waals surface area contributed by atoms with Crippen LogP contribution in [-0.2, 0) is 9.84 Å². The molecule has 2 aromatic rings. The summed E-state index contributed by atoms with van der Waals surface area (Å²) in [5, 5.41) is 8.96. The normalized spacial score (nSPS) is 11.6. The molecule has 1 amide bonds. The lowest BCUT2D eigenvalue weighted by Gasteiger charge is -2.10. The Labute approximate surface area is 126 Å². The highest BCUT2D eigenvalue weighted by atomic mass is 35.5. The van der Waals surface area contributed by atoms with Crippen LogP contribution in [-0.4, -0.2) is 30.3 Å². The molecule has 0 aliphatic heterocycles. The first-order chi connectivity index (χ1) is 9.82. The van der Waals surface area contributed by atoms with Crippen LogP contribution in [0.3, 0.4) is 0 Å². The third-order valence-electron chi connectivity index (χ3n) is 2.27. The molecule has 0 aliphatic carbocycles. The summed E-state index contributed by atoms with van der Waals surface area (Å²) < 4.78 is 48.3. The predicted molar refractivity (Wildman–Crippen MR) is 72.5 cm³/mol. The average molecular weight is 354 g/mol. The van der Waals surface area contributed by atoms with Crippen molar-refractivity contribution in [3.8, 4) is 0 Å². The van der Waals surface area contributed by atoms with Crippen LogP contribution < -0.4 is 5.32 Å². The minimum absolute atomic E-state index is 0.0219. The largest absolute Gasteiger partial charge is 0.341 e. The van der Waals surface area contributed by atoms with E-state index in [4.69, 9.17) is 11.6 Å². The van der Waals surface area contributed by atoms with Gasteiger partial charge in [0.1, 0.15) is 0 Å². The summed E-state index contributed by atoms with van der Waals surface area (Å²) in [5.41, 5.74) is -0.269. The SMILES string of the molecule is O=C(Nc1ccccc1S(=O)(=O)C(F)F)c1nnc(Cl)s1. The van der Waals surface area contributed by atoms with Crippen LogP contribution in [0.5, 0.6) is 0 Å². The first kappa shape index (κ1) is 15.7. The summed E-state index contributed by atoms with van der Waals surface area (Å²) in [6.07, 6.45) is 0. The maximum Gasteiger partial charge on any atom is 0.341 e. The Morgan fingerprint density at radius 1 is 1.29 bits per heavy atom. The molecule has 0 bridgehead atoms. The van der Waals surface area contributed by atoms with Crippen LogP contribution in [0, 0.1) is 0 Å². The molecule has 1 aromatic heterocycles. The van der Waals surface area contributed by atoms with Gasteiger partial charge in [0.05, 0.1) is 10.6 Å². The third-order valence-corrected chi connectivity index (χ3v) is 4.73. The van der Waals surface area contributed by atoms with Gasteiger partial charge in [-0.1, -0.05) is 23.5 Å². The summed E-state index contributed by atoms with van der Waals surface area (Å²) >= 11 is 6.29. The number of amides is 1. The first-order valence-corrected chi connectivity index (χ1v) is 7.98. The van der Waals surface area contributed by atoms with Crippen LogP contribution in [0.1, 0.15) is 9.80 Å². The summed E-state index contributed by atoms with van der Waals surface area (Å²) in [7, 11) is -4.84. The summed E-state index contributed by atoms with van der Waals surface area (Å²) in [4.78, 5) is 11.2. The van der Waals surface area contributed by atoms with Crippen LogP contribution in [0.4, 0.5) is 14.5 Å². The van der Waals surface area contributed by atoms with Crippen molar-refractivity contribution < 1.29 is 22.0 Å². The Hall–Kier alpha value is -1.65. The molecule has 0 saturated heterocycles. The number of hydrogen-bond donors (Lipinski definition) is 1. The van der Waals surface area contributed by atoms with Gasteiger partial charge in [0.15, 0.2) is 0 Å². The molecule has 1 heterocycles. The number of alkyl halides is 2. The number of anilines is 1. The fraction of sp³-hybridized carbons (Fsp3) is 0.100. The molecule has 21 heavy (non-hydrogen) atoms. The highest BCUT2D eigenvalue weighted by molar-refractivity contribution is 7.91. The number of nitrogens with zero attached hydrogens (tertiary/aromatic N) is 2. The maximum atomic E-state index is 12.6. The number of benzene rings is 1. The quantitative estimate of drug-likeness (QED) is 0.911. The number of hydrogen-bond acceptors (Lipinski definition) is 6. The molecule has 6 nitrogen and oxygen atoms in total. The zero-order valence-corrected chi connectivity index (χ0v) is 12.3. The molecular formula is C10H6ClF2N3O3S2. The molecule has 1 N–H and O–H groups in total. The van der Waals surface area contributed by atoms with Crippen molar-refractivity contribution >= 4 is 44.4 Å². The van der Waals surface area contributed by atoms with Crippen LogP contribution in [0.25, 0.3) is 0 Å². The Kier molecular flexibility index (Phi) is 4.49. The van der Waals surface area contributed by atoms with Crippen molar-refractivity contribution in [2.24, 2.45) is 0 Å². The predicted octanol–water partition coefficient (Wildman–Crippen LogP) is 2.44. The number of nitrogens with one attached hydrogen (secondary N) is 1. The van der Waals surface area contributed by atoms with Gasteiger partial charge in [-0.05, 0) is 23.7 Å². The van der Waals surface area contributed by atoms with Gasteiger partial charge in [-0.3, -0.25) is 4.79 Å². The second-order valence-electron chi connectivity index (χ2n) is 3.62. The van der Waals surface area contributed by atoms with E-state index in [0.29, 0.717) is 0 Å². The maximum absolute atomic E-state index is 12.6. The van der Waals surface area contributed by atoms with E-state index in [9.17, 15) is 22.0 Å². The van der Waals surface area contributed by atoms with Crippen LogP contribution in [0.2, 0.25) is 4.47 Å². The Bertz CT molecular complexity index is 779. The molecule has 11 heteroatoms. The molecular weight excluding hydrogens is 348 g/mol. The number of carbonyl (C=O) groups excluding carboxylic acids is 1. The number of para-hydroxylation sites is 1. The van der Waals surface area contributed by atoms with Gasteiger partial charge in [0.25, 0.3) is 5.91 Å². The van der Waals surface area contributed by atoms with E-state index < -0.39 is 26.4 Å². The lowest BCUT2D eigenvalue weighted by Crippen LogP contribution is -2.17. The van der Waals surface area contributed by atoms with Gasteiger partial charge in [-0.15, -0.1) is 10.2 Å². The Balaban J connectivity index is 2.36. The average Bonchev–Trinajstić information content (AvgIpc) is 2.86. The molecule has 0 fully saturated rings. The molecule has 0 atom stereocenters. The molecule has 0 aliphatic rings. The number of carbonyl (C=O) groups is 1. The van der Waals surface area contributed by atoms with Gasteiger partial charge in [0.2, 0.25) is 19.3 Å². The number of aromatic nitrogens is 2. The lowest BCUT2D eigenvalue weighted by atomic mass is 10.3. The summed E-state index contributed by atoms with van der Waals surface area (Å²) in [5.74, 6) is -4.39. The Morgan fingerprint density at radius 3 is 2.52 bits per heavy atom. The van der Waals surface area contributed by atoms with E-state index in [1.807, 2.05) is 0 Å². The van der Waals surface area contributed by atoms with Crippen molar-refractivity contribution in [1.29, 1.82) is 0 Å². The van der Waals surface area contributed by atoms with Gasteiger partial charge in [-0.25, -0.2) is 8.42 Å². The zero-order valence-electron chi connectivity index (χ0n) is 9.96. The first-order valence-electron chi connectivity index (χ1n) is 5.24. The van der Waals surface area contributed by atoms with Crippen molar-refractivity contribution in [1.82, 2.24) is 10.2 Å². The van der Waals surface area contributed by atoms with E-state index in [-0.39, 0.29) is 15.2 Å². The van der Waals surface area contributed by atoms with Gasteiger partial charge >= 0.3 is 5.76 Å². The Morgan fingerprint density at radius 2 is 1.95 bits per heavy atom. The monoisotopic (exact) mass is 353 g/mol. The molecule has 112 valence electrons. The van der Waals surface area contributed by atoms with Crippen molar-refractivity contribution in [3.63, 3.8) is 0 Å². The number of halogens is 3. The standard InChI is InChI=1S/C10H6ClF2N3O3S2/c11-9-16-15-8(20-9)7(17)14-5-3-1-2-4-6(5)21(18,19)10(12)13/h1-4,10H,(H,14,17). The van der Waals surface area contributed by atoms with E-state index in [2.05, 4.69) is 15.5 Å². The third kappa shape index (κ3) is 3.34. The molecule has 0 unspecified atom stereocenters. The van der Waals surface area contributed by atoms with Crippen molar-refractivity contribution in [2.45, 2.75) is 10.7 Å². The smallest absolute Gasteiger partial charge is 0.319 e. The fourth-order valence-electron chi connectivity index (χ4n) is 1.39. The molecule has 0 saturated carbocycles. The molecule has 2 rings (SSSR count). The van der Waals surface area contributed by atoms with E-state index in [0.717, 1.165) is 17.4 Å². The minimum Gasteiger partial charge on any atom is -0.319 e. The van der Waals surface area contributed by atoms with Crippen LogP contribution in [0.15, 0.2) is 29.2 Å². The summed E-state index contributed by atoms with van der Waals surface area (Å²) in [6.45, 7) is 0. The summed E-state index contributed by atoms with van der Waals surface area (Å²) in [6, 6.07) is 4.83. The topological polar surface area (TPSA) is 89.0 Å². The highest BCUT2D eigenvalue weighted by Crippen LogP contribution is 2.27. The van der Waals surface area contributed by atoms with E-state index >= 15 is 0 Å². The second kappa shape index (κ2) is 6.00. The molecule has 0 radical (unpaired) electrons. The zero-order chi connectivity index (χ0) is 15.6. The van der Waals surface area contributed by atoms with Crippen molar-refractivity contribution in [3.05, 3.63) is 33.7 Å². The molecule has 1 aromatic carbocycles. The van der Waals surface area contributed by atoms with Gasteiger partial charge in [0, 0.05) is 0 Å². The number of rotatable bonds is 4. The second-order valence-corrected chi connectivity index (χ2v) is 7.06. The molecule has 0 spiro atoms.